The number of nitrogens with zero attached hydrogens (tertiary/aromatic N) is 1. The Bertz CT molecular complexity index is 614. The average Bonchev–Trinajstić information content (AvgIpc) is 2.73. The normalized spacial score (nSPS) is 11.9. The molecule has 0 atom stereocenters. The van der Waals surface area contributed by atoms with E-state index in [0.717, 1.165) is 17.4 Å². The Labute approximate surface area is 130 Å². The molecule has 0 fully saturated rings. The number of rotatable bonds is 5. The molecule has 9 heteroatoms. The van der Waals surface area contributed by atoms with Crippen LogP contribution in [-0.2, 0) is 14.3 Å². The summed E-state index contributed by atoms with van der Waals surface area (Å²) >= 11 is 1.01. The molecule has 120 valence electrons. The van der Waals surface area contributed by atoms with Gasteiger partial charge in [0.15, 0.2) is 5.13 Å². The van der Waals surface area contributed by atoms with Crippen LogP contribution in [0.1, 0.15) is 32.9 Å². The molecule has 0 aromatic carbocycles. The van der Waals surface area contributed by atoms with Crippen molar-refractivity contribution < 1.29 is 29.3 Å². The lowest BCUT2D eigenvalue weighted by Crippen LogP contribution is -2.27. The quantitative estimate of drug-likeness (QED) is 0.708. The summed E-state index contributed by atoms with van der Waals surface area (Å²) < 4.78 is 5.05. The van der Waals surface area contributed by atoms with Crippen LogP contribution in [0.5, 0.6) is 0 Å². The maximum absolute atomic E-state index is 11.6. The highest BCUT2D eigenvalue weighted by atomic mass is 32.1. The minimum absolute atomic E-state index is 0.0739. The van der Waals surface area contributed by atoms with Gasteiger partial charge in [0.25, 0.3) is 0 Å². The van der Waals surface area contributed by atoms with E-state index in [2.05, 4.69) is 10.3 Å². The van der Waals surface area contributed by atoms with Crippen LogP contribution in [-0.4, -0.2) is 38.8 Å². The molecule has 1 amide bonds. The number of carbonyl (C=O) groups excluding carboxylic acids is 1. The zero-order chi connectivity index (χ0) is 16.9. The van der Waals surface area contributed by atoms with Crippen LogP contribution in [0.25, 0.3) is 5.57 Å². The summed E-state index contributed by atoms with van der Waals surface area (Å²) in [7, 11) is 0. The van der Waals surface area contributed by atoms with Crippen LogP contribution in [0, 0.1) is 0 Å². The second-order valence-electron chi connectivity index (χ2n) is 5.19. The minimum Gasteiger partial charge on any atom is -0.481 e. The number of amides is 1. The summed E-state index contributed by atoms with van der Waals surface area (Å²) in [6, 6.07) is 0. The number of aliphatic carboxylic acids is 2. The molecule has 0 aliphatic heterocycles. The second kappa shape index (κ2) is 7.03. The van der Waals surface area contributed by atoms with Gasteiger partial charge in [0.2, 0.25) is 0 Å². The van der Waals surface area contributed by atoms with Crippen molar-refractivity contribution in [3.05, 3.63) is 17.2 Å². The molecule has 3 N–H and O–H groups in total. The number of carboxylic acid groups (broad SMARTS) is 2. The van der Waals surface area contributed by atoms with Crippen LogP contribution in [0.3, 0.4) is 0 Å². The van der Waals surface area contributed by atoms with Crippen molar-refractivity contribution in [2.45, 2.75) is 32.8 Å². The number of carboxylic acids is 2. The summed E-state index contributed by atoms with van der Waals surface area (Å²) in [6.07, 6.45) is -0.0925. The van der Waals surface area contributed by atoms with E-state index < -0.39 is 30.1 Å². The first-order chi connectivity index (χ1) is 10.1. The molecule has 0 saturated heterocycles. The maximum atomic E-state index is 11.6. The number of hydrogen-bond acceptors (Lipinski definition) is 6. The largest absolute Gasteiger partial charge is 0.481 e. The Kier molecular flexibility index (Phi) is 5.63. The van der Waals surface area contributed by atoms with Crippen molar-refractivity contribution in [3.63, 3.8) is 0 Å². The highest BCUT2D eigenvalue weighted by molar-refractivity contribution is 7.14. The molecule has 1 heterocycles. The molecule has 0 radical (unpaired) electrons. The van der Waals surface area contributed by atoms with Crippen molar-refractivity contribution >= 4 is 40.1 Å². The Morgan fingerprint density at radius 2 is 2.00 bits per heavy atom. The van der Waals surface area contributed by atoms with Crippen LogP contribution in [0.2, 0.25) is 0 Å². The predicted octanol–water partition coefficient (Wildman–Crippen LogP) is 2.43. The Hall–Kier alpha value is -2.42. The molecule has 22 heavy (non-hydrogen) atoms. The maximum Gasteiger partial charge on any atom is 0.413 e. The van der Waals surface area contributed by atoms with E-state index in [1.54, 1.807) is 20.8 Å². The van der Waals surface area contributed by atoms with Crippen LogP contribution in [0.4, 0.5) is 9.93 Å². The van der Waals surface area contributed by atoms with Gasteiger partial charge in [-0.2, -0.15) is 0 Å². The topological polar surface area (TPSA) is 126 Å². The first-order valence-electron chi connectivity index (χ1n) is 6.19. The summed E-state index contributed by atoms with van der Waals surface area (Å²) in [5, 5.41) is 21.6. The molecular formula is C13H16N2O6S. The van der Waals surface area contributed by atoms with Crippen LogP contribution in [0.15, 0.2) is 11.5 Å². The first kappa shape index (κ1) is 17.6. The zero-order valence-corrected chi connectivity index (χ0v) is 13.1. The Balaban J connectivity index is 2.85. The first-order valence-corrected chi connectivity index (χ1v) is 7.07. The fourth-order valence-electron chi connectivity index (χ4n) is 1.34. The van der Waals surface area contributed by atoms with Crippen LogP contribution < -0.4 is 5.32 Å². The van der Waals surface area contributed by atoms with Crippen molar-refractivity contribution in [2.24, 2.45) is 0 Å². The molecule has 0 aliphatic rings. The number of nitrogens with one attached hydrogen (secondary N) is 1. The third-order valence-electron chi connectivity index (χ3n) is 2.10. The highest BCUT2D eigenvalue weighted by Gasteiger charge is 2.19. The van der Waals surface area contributed by atoms with E-state index in [4.69, 9.17) is 14.9 Å². The molecular weight excluding hydrogens is 312 g/mol. The molecule has 0 saturated carbocycles. The van der Waals surface area contributed by atoms with Gasteiger partial charge in [-0.05, 0) is 20.8 Å². The van der Waals surface area contributed by atoms with E-state index >= 15 is 0 Å². The summed E-state index contributed by atoms with van der Waals surface area (Å²) in [5.74, 6) is -2.45. The minimum atomic E-state index is -1.30. The Morgan fingerprint density at radius 3 is 2.50 bits per heavy atom. The number of aromatic nitrogens is 1. The lowest BCUT2D eigenvalue weighted by Gasteiger charge is -2.18. The molecule has 0 aliphatic carbocycles. The van der Waals surface area contributed by atoms with Gasteiger partial charge in [0, 0.05) is 5.38 Å². The van der Waals surface area contributed by atoms with E-state index in [0.29, 0.717) is 0 Å². The molecule has 1 rings (SSSR count). The Morgan fingerprint density at radius 1 is 1.36 bits per heavy atom. The third kappa shape index (κ3) is 5.92. The smallest absolute Gasteiger partial charge is 0.413 e. The number of carbonyl (C=O) groups is 3. The lowest BCUT2D eigenvalue weighted by atomic mass is 10.1. The molecule has 0 spiro atoms. The van der Waals surface area contributed by atoms with Crippen LogP contribution >= 0.6 is 11.3 Å². The molecule has 0 bridgehead atoms. The van der Waals surface area contributed by atoms with Gasteiger partial charge in [0.05, 0.1) is 17.7 Å². The van der Waals surface area contributed by atoms with Gasteiger partial charge in [-0.1, -0.05) is 6.08 Å². The molecule has 8 nitrogen and oxygen atoms in total. The van der Waals surface area contributed by atoms with Gasteiger partial charge >= 0.3 is 18.0 Å². The second-order valence-corrected chi connectivity index (χ2v) is 6.04. The number of hydrogen-bond donors (Lipinski definition) is 3. The van der Waals surface area contributed by atoms with Crippen molar-refractivity contribution in [1.82, 2.24) is 4.98 Å². The van der Waals surface area contributed by atoms with Crippen molar-refractivity contribution in [1.29, 1.82) is 0 Å². The molecule has 1 aromatic heterocycles. The van der Waals surface area contributed by atoms with Gasteiger partial charge < -0.3 is 14.9 Å². The van der Waals surface area contributed by atoms with Gasteiger partial charge in [-0.3, -0.25) is 10.1 Å². The average molecular weight is 328 g/mol. The van der Waals surface area contributed by atoms with Crippen molar-refractivity contribution in [2.75, 3.05) is 5.32 Å². The number of anilines is 1. The van der Waals surface area contributed by atoms with Gasteiger partial charge in [-0.25, -0.2) is 14.6 Å². The zero-order valence-electron chi connectivity index (χ0n) is 12.2. The summed E-state index contributed by atoms with van der Waals surface area (Å²) in [6.45, 7) is 5.12. The fraction of sp³-hybridized carbons (Fsp3) is 0.385. The third-order valence-corrected chi connectivity index (χ3v) is 2.86. The SMILES string of the molecule is CC(C)(C)OC(=O)Nc1nc(/C(=C/CC(=O)O)C(=O)O)cs1. The monoisotopic (exact) mass is 328 g/mol. The number of ether oxygens (including phenoxy) is 1. The van der Waals surface area contributed by atoms with E-state index in [9.17, 15) is 14.4 Å². The van der Waals surface area contributed by atoms with E-state index in [1.165, 1.54) is 5.38 Å². The molecule has 0 unspecified atom stereocenters. The van der Waals surface area contributed by atoms with Gasteiger partial charge in [0.1, 0.15) is 5.60 Å². The molecule has 1 aromatic rings. The van der Waals surface area contributed by atoms with E-state index in [-0.39, 0.29) is 16.4 Å². The van der Waals surface area contributed by atoms with E-state index in [1.807, 2.05) is 0 Å². The summed E-state index contributed by atoms with van der Waals surface area (Å²) in [5.41, 5.74) is -0.835. The lowest BCUT2D eigenvalue weighted by molar-refractivity contribution is -0.136. The highest BCUT2D eigenvalue weighted by Crippen LogP contribution is 2.23. The fourth-order valence-corrected chi connectivity index (χ4v) is 2.03. The standard InChI is InChI=1S/C13H16N2O6S/c1-13(2,3)21-12(20)15-11-14-8(6-22-11)7(10(18)19)4-5-9(16)17/h4,6H,5H2,1-3H3,(H,16,17)(H,18,19)(H,14,15,20)/b7-4-. The van der Waals surface area contributed by atoms with Crippen molar-refractivity contribution in [3.8, 4) is 0 Å². The van der Waals surface area contributed by atoms with Gasteiger partial charge in [-0.15, -0.1) is 11.3 Å². The predicted molar refractivity (Wildman–Crippen MR) is 79.8 cm³/mol. The summed E-state index contributed by atoms with van der Waals surface area (Å²) in [4.78, 5) is 37.2. The number of thiazole rings is 1.